The van der Waals surface area contributed by atoms with Gasteiger partial charge in [0.2, 0.25) is 5.72 Å². The molecule has 14 heavy (non-hydrogen) atoms. The predicted octanol–water partition coefficient (Wildman–Crippen LogP) is 2.14. The summed E-state index contributed by atoms with van der Waals surface area (Å²) in [6.07, 6.45) is 4.71. The molecule has 2 atom stereocenters. The monoisotopic (exact) mass is 231 g/mol. The zero-order valence-corrected chi connectivity index (χ0v) is 9.43. The van der Waals surface area contributed by atoms with Gasteiger partial charge in [-0.25, -0.2) is 0 Å². The smallest absolute Gasteiger partial charge is 0.217 e. The number of hydrogen-bond acceptors (Lipinski definition) is 4. The van der Waals surface area contributed by atoms with Crippen LogP contribution in [0.4, 0.5) is 0 Å². The van der Waals surface area contributed by atoms with Gasteiger partial charge in [0.25, 0.3) is 0 Å². The second-order valence-corrected chi connectivity index (χ2v) is 3.32. The second kappa shape index (κ2) is 4.82. The molecule has 5 heteroatoms. The van der Waals surface area contributed by atoms with Gasteiger partial charge in [-0.1, -0.05) is 11.6 Å². The van der Waals surface area contributed by atoms with E-state index in [1.807, 2.05) is 0 Å². The third-order valence-corrected chi connectivity index (χ3v) is 2.34. The van der Waals surface area contributed by atoms with Gasteiger partial charge in [0.05, 0.1) is 5.16 Å². The number of methoxy groups -OCH3 is 2. The van der Waals surface area contributed by atoms with Crippen LogP contribution in [-0.4, -0.2) is 31.2 Å². The Morgan fingerprint density at radius 2 is 2.36 bits per heavy atom. The highest BCUT2D eigenvalue weighted by molar-refractivity contribution is 7.78. The van der Waals surface area contributed by atoms with Crippen LogP contribution >= 0.6 is 23.8 Å². The highest BCUT2D eigenvalue weighted by Crippen LogP contribution is 2.29. The summed E-state index contributed by atoms with van der Waals surface area (Å²) in [6.45, 7) is 0. The second-order valence-electron chi connectivity index (χ2n) is 2.70. The molecule has 0 spiro atoms. The molecule has 76 valence electrons. The molecule has 0 aromatic heterocycles. The standard InChI is InChI=1S/C9H10ClNO2S/c1-12-8-5-7(10)3-4-9(8,13-2)11-6-14/h3-5,8H,1-2H3. The van der Waals surface area contributed by atoms with Crippen molar-refractivity contribution in [3.05, 3.63) is 23.3 Å². The van der Waals surface area contributed by atoms with E-state index in [9.17, 15) is 0 Å². The Hall–Kier alpha value is -0.510. The number of hydrogen-bond donors (Lipinski definition) is 0. The third kappa shape index (κ3) is 2.11. The zero-order valence-electron chi connectivity index (χ0n) is 7.86. The van der Waals surface area contributed by atoms with Gasteiger partial charge in [0.1, 0.15) is 6.10 Å². The summed E-state index contributed by atoms with van der Waals surface area (Å²) in [5.41, 5.74) is -0.936. The normalized spacial score (nSPS) is 30.8. The summed E-state index contributed by atoms with van der Waals surface area (Å²) < 4.78 is 10.5. The van der Waals surface area contributed by atoms with Crippen LogP contribution in [0, 0.1) is 0 Å². The van der Waals surface area contributed by atoms with Crippen molar-refractivity contribution >= 4 is 29.0 Å². The average Bonchev–Trinajstić information content (AvgIpc) is 2.21. The van der Waals surface area contributed by atoms with Gasteiger partial charge in [-0.2, -0.15) is 4.99 Å². The fourth-order valence-corrected chi connectivity index (χ4v) is 1.57. The zero-order chi connectivity index (χ0) is 10.6. The molecule has 0 fully saturated rings. The van der Waals surface area contributed by atoms with Crippen LogP contribution in [0.15, 0.2) is 28.3 Å². The summed E-state index contributed by atoms with van der Waals surface area (Å²) in [5, 5.41) is 2.88. The van der Waals surface area contributed by atoms with Gasteiger partial charge in [-0.05, 0) is 30.4 Å². The molecule has 1 aliphatic carbocycles. The molecule has 1 rings (SSSR count). The summed E-state index contributed by atoms with van der Waals surface area (Å²) >= 11 is 10.4. The maximum absolute atomic E-state index is 5.83. The van der Waals surface area contributed by atoms with Crippen LogP contribution in [0.1, 0.15) is 0 Å². The third-order valence-electron chi connectivity index (χ3n) is 2.00. The summed E-state index contributed by atoms with van der Waals surface area (Å²) in [5.74, 6) is 0. The van der Waals surface area contributed by atoms with E-state index in [1.165, 1.54) is 7.11 Å². The molecular weight excluding hydrogens is 222 g/mol. The Balaban J connectivity index is 3.08. The van der Waals surface area contributed by atoms with Gasteiger partial charge in [-0.15, -0.1) is 0 Å². The number of aliphatic imine (C=N–C) groups is 1. The van der Waals surface area contributed by atoms with Gasteiger partial charge >= 0.3 is 0 Å². The molecular formula is C9H10ClNO2S. The first-order chi connectivity index (χ1) is 6.68. The van der Waals surface area contributed by atoms with E-state index in [1.54, 1.807) is 25.3 Å². The van der Waals surface area contributed by atoms with Crippen LogP contribution in [-0.2, 0) is 9.47 Å². The lowest BCUT2D eigenvalue weighted by atomic mass is 10.0. The lowest BCUT2D eigenvalue weighted by Gasteiger charge is -2.31. The Morgan fingerprint density at radius 3 is 2.86 bits per heavy atom. The first-order valence-electron chi connectivity index (χ1n) is 3.92. The Kier molecular flexibility index (Phi) is 3.98. The molecule has 0 saturated heterocycles. The number of isothiocyanates is 1. The predicted molar refractivity (Wildman–Crippen MR) is 58.6 cm³/mol. The number of thiocarbonyl (C=S) groups is 1. The number of ether oxygens (including phenoxy) is 2. The van der Waals surface area contributed by atoms with Crippen LogP contribution in [0.2, 0.25) is 0 Å². The van der Waals surface area contributed by atoms with Crippen LogP contribution in [0.5, 0.6) is 0 Å². The van der Waals surface area contributed by atoms with Crippen LogP contribution < -0.4 is 0 Å². The van der Waals surface area contributed by atoms with E-state index in [2.05, 4.69) is 22.4 Å². The Labute approximate surface area is 93.1 Å². The highest BCUT2D eigenvalue weighted by Gasteiger charge is 2.37. The minimum atomic E-state index is -0.936. The van der Waals surface area contributed by atoms with Crippen molar-refractivity contribution in [2.45, 2.75) is 11.8 Å². The molecule has 0 aromatic carbocycles. The van der Waals surface area contributed by atoms with Gasteiger partial charge in [-0.3, -0.25) is 0 Å². The maximum Gasteiger partial charge on any atom is 0.217 e. The van der Waals surface area contributed by atoms with Gasteiger partial charge in [0.15, 0.2) is 0 Å². The molecule has 0 bridgehead atoms. The van der Waals surface area contributed by atoms with E-state index < -0.39 is 5.72 Å². The van der Waals surface area contributed by atoms with Crippen molar-refractivity contribution < 1.29 is 9.47 Å². The molecule has 0 N–H and O–H groups in total. The fraction of sp³-hybridized carbons (Fsp3) is 0.444. The fourth-order valence-electron chi connectivity index (χ4n) is 1.25. The van der Waals surface area contributed by atoms with E-state index >= 15 is 0 Å². The quantitative estimate of drug-likeness (QED) is 0.551. The van der Waals surface area contributed by atoms with E-state index in [-0.39, 0.29) is 6.10 Å². The summed E-state index contributed by atoms with van der Waals surface area (Å²) in [6, 6.07) is 0. The number of rotatable bonds is 3. The topological polar surface area (TPSA) is 30.8 Å². The van der Waals surface area contributed by atoms with Crippen LogP contribution in [0.25, 0.3) is 0 Å². The van der Waals surface area contributed by atoms with Crippen molar-refractivity contribution in [2.24, 2.45) is 4.99 Å². The minimum Gasteiger partial charge on any atom is -0.372 e. The van der Waals surface area contributed by atoms with Crippen molar-refractivity contribution in [2.75, 3.05) is 14.2 Å². The van der Waals surface area contributed by atoms with Crippen molar-refractivity contribution in [1.29, 1.82) is 0 Å². The van der Waals surface area contributed by atoms with Crippen molar-refractivity contribution in [3.8, 4) is 0 Å². The Bertz CT molecular complexity index is 323. The number of allylic oxidation sites excluding steroid dienone is 2. The molecule has 0 heterocycles. The van der Waals surface area contributed by atoms with Crippen LogP contribution in [0.3, 0.4) is 0 Å². The van der Waals surface area contributed by atoms with E-state index in [4.69, 9.17) is 21.1 Å². The maximum atomic E-state index is 5.83. The van der Waals surface area contributed by atoms with E-state index in [0.717, 1.165) is 0 Å². The lowest BCUT2D eigenvalue weighted by Crippen LogP contribution is -2.42. The van der Waals surface area contributed by atoms with Crippen molar-refractivity contribution in [3.63, 3.8) is 0 Å². The average molecular weight is 232 g/mol. The SMILES string of the molecule is COC1C=C(Cl)C=CC1(N=C=S)OC. The summed E-state index contributed by atoms with van der Waals surface area (Å²) in [7, 11) is 3.08. The molecule has 1 aliphatic rings. The first-order valence-corrected chi connectivity index (χ1v) is 4.70. The number of halogens is 1. The van der Waals surface area contributed by atoms with Crippen molar-refractivity contribution in [1.82, 2.24) is 0 Å². The van der Waals surface area contributed by atoms with Gasteiger partial charge in [0, 0.05) is 19.3 Å². The molecule has 2 unspecified atom stereocenters. The molecule has 0 radical (unpaired) electrons. The molecule has 0 aromatic rings. The highest BCUT2D eigenvalue weighted by atomic mass is 35.5. The largest absolute Gasteiger partial charge is 0.372 e. The molecule has 0 aliphatic heterocycles. The van der Waals surface area contributed by atoms with Gasteiger partial charge < -0.3 is 9.47 Å². The number of nitrogens with zero attached hydrogens (tertiary/aromatic N) is 1. The first kappa shape index (κ1) is 11.6. The molecule has 0 amide bonds. The molecule has 3 nitrogen and oxygen atoms in total. The van der Waals surface area contributed by atoms with E-state index in [0.29, 0.717) is 5.03 Å². The summed E-state index contributed by atoms with van der Waals surface area (Å²) in [4.78, 5) is 3.95. The minimum absolute atomic E-state index is 0.388. The lowest BCUT2D eigenvalue weighted by molar-refractivity contribution is -0.0601. The molecule has 0 saturated carbocycles. The Morgan fingerprint density at radius 1 is 1.64 bits per heavy atom.